The highest BCUT2D eigenvalue weighted by Gasteiger charge is 1.88. The Morgan fingerprint density at radius 3 is 3.14 bits per heavy atom. The van der Waals surface area contributed by atoms with Crippen molar-refractivity contribution in [3.63, 3.8) is 0 Å². The molecule has 0 radical (unpaired) electrons. The highest BCUT2D eigenvalue weighted by molar-refractivity contribution is 5.78. The van der Waals surface area contributed by atoms with Crippen LogP contribution < -0.4 is 5.73 Å². The van der Waals surface area contributed by atoms with Gasteiger partial charge in [0, 0.05) is 11.8 Å². The second kappa shape index (κ2) is 5.54. The zero-order valence-corrected chi connectivity index (χ0v) is 7.55. The van der Waals surface area contributed by atoms with Gasteiger partial charge in [0.1, 0.15) is 12.4 Å². The summed E-state index contributed by atoms with van der Waals surface area (Å²) in [6.07, 6.45) is 3.44. The van der Waals surface area contributed by atoms with E-state index in [9.17, 15) is 0 Å². The molecule has 1 rings (SSSR count). The Morgan fingerprint density at radius 2 is 2.50 bits per heavy atom. The number of oxime groups is 1. The van der Waals surface area contributed by atoms with E-state index in [-0.39, 0.29) is 0 Å². The molecule has 0 unspecified atom stereocenters. The Kier molecular flexibility index (Phi) is 3.95. The van der Waals surface area contributed by atoms with Gasteiger partial charge in [-0.1, -0.05) is 5.16 Å². The standard InChI is InChI=1S/C9H10N4O/c10-4-1-5-14-13-7-8-2-3-9(11)12-6-8/h2-3,6-7H,1,5H2,(H2,11,12). The number of rotatable bonds is 4. The van der Waals surface area contributed by atoms with E-state index in [4.69, 9.17) is 15.8 Å². The summed E-state index contributed by atoms with van der Waals surface area (Å²) in [7, 11) is 0. The maximum atomic E-state index is 8.21. The van der Waals surface area contributed by atoms with E-state index in [1.54, 1.807) is 18.3 Å². The number of nitriles is 1. The molecule has 5 nitrogen and oxygen atoms in total. The van der Waals surface area contributed by atoms with Crippen LogP contribution in [-0.2, 0) is 4.84 Å². The Hall–Kier alpha value is -2.09. The smallest absolute Gasteiger partial charge is 0.130 e. The van der Waals surface area contributed by atoms with Gasteiger partial charge >= 0.3 is 0 Å². The molecule has 0 atom stereocenters. The van der Waals surface area contributed by atoms with E-state index in [2.05, 4.69) is 10.1 Å². The number of aromatic nitrogens is 1. The Bertz CT molecular complexity index is 339. The first-order chi connectivity index (χ1) is 6.83. The minimum absolute atomic E-state index is 0.301. The van der Waals surface area contributed by atoms with Crippen molar-refractivity contribution < 1.29 is 4.84 Å². The maximum absolute atomic E-state index is 8.21. The van der Waals surface area contributed by atoms with E-state index in [0.29, 0.717) is 18.8 Å². The van der Waals surface area contributed by atoms with E-state index >= 15 is 0 Å². The van der Waals surface area contributed by atoms with Crippen molar-refractivity contribution in [1.29, 1.82) is 5.26 Å². The summed E-state index contributed by atoms with van der Waals surface area (Å²) in [5.74, 6) is 0.465. The van der Waals surface area contributed by atoms with Crippen molar-refractivity contribution in [2.45, 2.75) is 6.42 Å². The zero-order valence-electron chi connectivity index (χ0n) is 7.55. The number of nitrogen functional groups attached to an aromatic ring is 1. The van der Waals surface area contributed by atoms with E-state index in [1.807, 2.05) is 6.07 Å². The van der Waals surface area contributed by atoms with Crippen LogP contribution in [0.1, 0.15) is 12.0 Å². The summed E-state index contributed by atoms with van der Waals surface area (Å²) in [5.41, 5.74) is 6.20. The number of pyridine rings is 1. The molecular formula is C9H10N4O. The lowest BCUT2D eigenvalue weighted by atomic mass is 10.3. The van der Waals surface area contributed by atoms with Gasteiger partial charge in [-0.2, -0.15) is 5.26 Å². The zero-order chi connectivity index (χ0) is 10.2. The summed E-state index contributed by atoms with van der Waals surface area (Å²) in [5, 5.41) is 11.9. The van der Waals surface area contributed by atoms with Gasteiger partial charge in [0.15, 0.2) is 0 Å². The quantitative estimate of drug-likeness (QED) is 0.434. The molecule has 2 N–H and O–H groups in total. The van der Waals surface area contributed by atoms with Gasteiger partial charge in [-0.25, -0.2) is 4.98 Å². The molecule has 1 aromatic rings. The van der Waals surface area contributed by atoms with Crippen LogP contribution in [0.3, 0.4) is 0 Å². The third-order valence-electron chi connectivity index (χ3n) is 1.39. The number of hydrogen-bond acceptors (Lipinski definition) is 5. The lowest BCUT2D eigenvalue weighted by molar-refractivity contribution is 0.152. The average molecular weight is 190 g/mol. The van der Waals surface area contributed by atoms with Crippen LogP contribution in [-0.4, -0.2) is 17.8 Å². The monoisotopic (exact) mass is 190 g/mol. The van der Waals surface area contributed by atoms with E-state index < -0.39 is 0 Å². The van der Waals surface area contributed by atoms with Crippen molar-refractivity contribution >= 4 is 12.0 Å². The average Bonchev–Trinajstić information content (AvgIpc) is 2.21. The van der Waals surface area contributed by atoms with Crippen LogP contribution in [0.4, 0.5) is 5.82 Å². The first-order valence-corrected chi connectivity index (χ1v) is 4.07. The highest BCUT2D eigenvalue weighted by Crippen LogP contribution is 1.98. The Labute approximate surface area is 81.8 Å². The fourth-order valence-electron chi connectivity index (χ4n) is 0.735. The van der Waals surface area contributed by atoms with Gasteiger partial charge in [0.2, 0.25) is 0 Å². The highest BCUT2D eigenvalue weighted by atomic mass is 16.6. The summed E-state index contributed by atoms with van der Waals surface area (Å²) >= 11 is 0. The number of nitrogens with two attached hydrogens (primary N) is 1. The van der Waals surface area contributed by atoms with Gasteiger partial charge in [-0.05, 0) is 12.1 Å². The van der Waals surface area contributed by atoms with Crippen LogP contribution in [0.2, 0.25) is 0 Å². The predicted molar refractivity (Wildman–Crippen MR) is 52.4 cm³/mol. The molecule has 72 valence electrons. The van der Waals surface area contributed by atoms with Crippen molar-refractivity contribution in [3.05, 3.63) is 23.9 Å². The third kappa shape index (κ3) is 3.54. The fraction of sp³-hybridized carbons (Fsp3) is 0.222. The van der Waals surface area contributed by atoms with Crippen molar-refractivity contribution in [2.75, 3.05) is 12.3 Å². The second-order valence-electron chi connectivity index (χ2n) is 2.49. The SMILES string of the molecule is N#CCCON=Cc1ccc(N)nc1. The number of nitrogens with zero attached hydrogens (tertiary/aromatic N) is 3. The van der Waals surface area contributed by atoms with E-state index in [0.717, 1.165) is 5.56 Å². The normalized spacial score (nSPS) is 9.93. The van der Waals surface area contributed by atoms with Crippen LogP contribution in [0.25, 0.3) is 0 Å². The molecular weight excluding hydrogens is 180 g/mol. The molecule has 0 bridgehead atoms. The summed E-state index contributed by atoms with van der Waals surface area (Å²) < 4.78 is 0. The van der Waals surface area contributed by atoms with Crippen molar-refractivity contribution in [1.82, 2.24) is 4.98 Å². The molecule has 1 aromatic heterocycles. The summed E-state index contributed by atoms with van der Waals surface area (Å²) in [6, 6.07) is 5.40. The predicted octanol–water partition coefficient (Wildman–Crippen LogP) is 0.928. The molecule has 14 heavy (non-hydrogen) atoms. The molecule has 0 saturated carbocycles. The van der Waals surface area contributed by atoms with Crippen LogP contribution in [0.15, 0.2) is 23.5 Å². The molecule has 0 fully saturated rings. The molecule has 1 heterocycles. The molecule has 0 saturated heterocycles. The Morgan fingerprint density at radius 1 is 1.64 bits per heavy atom. The van der Waals surface area contributed by atoms with E-state index in [1.165, 1.54) is 6.21 Å². The fourth-order valence-corrected chi connectivity index (χ4v) is 0.735. The lowest BCUT2D eigenvalue weighted by Gasteiger charge is -1.94. The molecule has 0 aliphatic heterocycles. The topological polar surface area (TPSA) is 84.3 Å². The van der Waals surface area contributed by atoms with Crippen LogP contribution in [0.5, 0.6) is 0 Å². The van der Waals surface area contributed by atoms with Crippen LogP contribution in [0, 0.1) is 11.3 Å². The van der Waals surface area contributed by atoms with Gasteiger partial charge in [0.25, 0.3) is 0 Å². The lowest BCUT2D eigenvalue weighted by Crippen LogP contribution is -1.91. The minimum Gasteiger partial charge on any atom is -0.395 e. The van der Waals surface area contributed by atoms with Gasteiger partial charge in [-0.3, -0.25) is 0 Å². The molecule has 0 aromatic carbocycles. The first kappa shape index (κ1) is 9.99. The number of hydrogen-bond donors (Lipinski definition) is 1. The molecule has 5 heteroatoms. The summed E-state index contributed by atoms with van der Waals surface area (Å²) in [4.78, 5) is 8.67. The number of anilines is 1. The molecule has 0 aliphatic rings. The molecule has 0 spiro atoms. The second-order valence-corrected chi connectivity index (χ2v) is 2.49. The third-order valence-corrected chi connectivity index (χ3v) is 1.39. The van der Waals surface area contributed by atoms with Crippen molar-refractivity contribution in [3.8, 4) is 6.07 Å². The van der Waals surface area contributed by atoms with Crippen molar-refractivity contribution in [2.24, 2.45) is 5.16 Å². The molecule has 0 amide bonds. The molecule has 0 aliphatic carbocycles. The van der Waals surface area contributed by atoms with Crippen LogP contribution >= 0.6 is 0 Å². The van der Waals surface area contributed by atoms with Gasteiger partial charge in [0.05, 0.1) is 18.7 Å². The van der Waals surface area contributed by atoms with Gasteiger partial charge in [-0.15, -0.1) is 0 Å². The summed E-state index contributed by atoms with van der Waals surface area (Å²) in [6.45, 7) is 0.301. The minimum atomic E-state index is 0.301. The maximum Gasteiger partial charge on any atom is 0.130 e. The first-order valence-electron chi connectivity index (χ1n) is 4.07. The van der Waals surface area contributed by atoms with Gasteiger partial charge < -0.3 is 10.6 Å². The Balaban J connectivity index is 2.37. The largest absolute Gasteiger partial charge is 0.395 e.